The van der Waals surface area contributed by atoms with Crippen LogP contribution in [0.15, 0.2) is 29.4 Å². The maximum absolute atomic E-state index is 13.3. The van der Waals surface area contributed by atoms with E-state index in [0.29, 0.717) is 12.2 Å². The number of halogens is 3. The molecular formula is C16H19F3N2O4. The molecule has 0 saturated heterocycles. The molecule has 1 aromatic rings. The van der Waals surface area contributed by atoms with Crippen molar-refractivity contribution in [1.82, 2.24) is 5.01 Å². The summed E-state index contributed by atoms with van der Waals surface area (Å²) in [7, 11) is 1.40. The van der Waals surface area contributed by atoms with Gasteiger partial charge in [0.25, 0.3) is 11.6 Å². The summed E-state index contributed by atoms with van der Waals surface area (Å²) < 4.78 is 50.1. The minimum absolute atomic E-state index is 0.0768. The second-order valence-electron chi connectivity index (χ2n) is 5.55. The van der Waals surface area contributed by atoms with Crippen LogP contribution in [-0.4, -0.2) is 47.4 Å². The second-order valence-corrected chi connectivity index (χ2v) is 5.55. The molecule has 0 radical (unpaired) electrons. The Labute approximate surface area is 142 Å². The van der Waals surface area contributed by atoms with Gasteiger partial charge in [-0.25, -0.2) is 0 Å². The first kappa shape index (κ1) is 19.0. The van der Waals surface area contributed by atoms with E-state index in [1.807, 2.05) is 0 Å². The highest BCUT2D eigenvalue weighted by Gasteiger charge is 2.63. The number of ether oxygens (including phenoxy) is 2. The monoisotopic (exact) mass is 360 g/mol. The van der Waals surface area contributed by atoms with E-state index in [1.165, 1.54) is 13.2 Å². The molecular weight excluding hydrogens is 341 g/mol. The van der Waals surface area contributed by atoms with Gasteiger partial charge < -0.3 is 14.6 Å². The van der Waals surface area contributed by atoms with Crippen LogP contribution in [0.4, 0.5) is 13.2 Å². The normalized spacial score (nSPS) is 20.4. The average molecular weight is 360 g/mol. The zero-order chi connectivity index (χ0) is 18.7. The molecule has 25 heavy (non-hydrogen) atoms. The van der Waals surface area contributed by atoms with E-state index in [-0.39, 0.29) is 22.9 Å². The van der Waals surface area contributed by atoms with Crippen LogP contribution in [0, 0.1) is 0 Å². The SMILES string of the molecule is CCCC1=NN(C(=O)COc2ccccc2OC)[C@](O)(C(F)(F)F)C1. The number of rotatable bonds is 6. The lowest BCUT2D eigenvalue weighted by atomic mass is 10.0. The predicted octanol–water partition coefficient (Wildman–Crippen LogP) is 2.71. The van der Waals surface area contributed by atoms with Crippen molar-refractivity contribution in [2.75, 3.05) is 13.7 Å². The maximum atomic E-state index is 13.3. The van der Waals surface area contributed by atoms with Gasteiger partial charge in [0, 0.05) is 12.1 Å². The average Bonchev–Trinajstić information content (AvgIpc) is 2.91. The number of aliphatic hydroxyl groups is 1. The van der Waals surface area contributed by atoms with E-state index in [1.54, 1.807) is 25.1 Å². The van der Waals surface area contributed by atoms with Crippen molar-refractivity contribution in [2.45, 2.75) is 38.1 Å². The van der Waals surface area contributed by atoms with Crippen molar-refractivity contribution < 1.29 is 32.5 Å². The molecule has 2 rings (SSSR count). The fourth-order valence-electron chi connectivity index (χ4n) is 2.47. The van der Waals surface area contributed by atoms with Gasteiger partial charge >= 0.3 is 6.18 Å². The minimum Gasteiger partial charge on any atom is -0.493 e. The zero-order valence-electron chi connectivity index (χ0n) is 13.8. The fourth-order valence-corrected chi connectivity index (χ4v) is 2.47. The Morgan fingerprint density at radius 3 is 2.56 bits per heavy atom. The largest absolute Gasteiger partial charge is 0.493 e. The molecule has 0 fully saturated rings. The quantitative estimate of drug-likeness (QED) is 0.847. The van der Waals surface area contributed by atoms with Crippen LogP contribution in [0.1, 0.15) is 26.2 Å². The van der Waals surface area contributed by atoms with Gasteiger partial charge in [0.1, 0.15) is 0 Å². The lowest BCUT2D eigenvalue weighted by molar-refractivity contribution is -0.302. The van der Waals surface area contributed by atoms with Crippen molar-refractivity contribution in [3.63, 3.8) is 0 Å². The van der Waals surface area contributed by atoms with Crippen molar-refractivity contribution in [3.8, 4) is 11.5 Å². The third kappa shape index (κ3) is 3.87. The highest BCUT2D eigenvalue weighted by molar-refractivity contribution is 5.91. The van der Waals surface area contributed by atoms with Gasteiger partial charge in [-0.15, -0.1) is 0 Å². The fraction of sp³-hybridized carbons (Fsp3) is 0.500. The molecule has 0 bridgehead atoms. The van der Waals surface area contributed by atoms with E-state index in [0.717, 1.165) is 0 Å². The summed E-state index contributed by atoms with van der Waals surface area (Å²) in [6.07, 6.45) is -4.99. The third-order valence-electron chi connectivity index (χ3n) is 3.69. The Kier molecular flexibility index (Phi) is 5.56. The summed E-state index contributed by atoms with van der Waals surface area (Å²) in [4.78, 5) is 12.2. The molecule has 138 valence electrons. The van der Waals surface area contributed by atoms with E-state index in [2.05, 4.69) is 5.10 Å². The Hall–Kier alpha value is -2.29. The smallest absolute Gasteiger partial charge is 0.438 e. The molecule has 1 heterocycles. The molecule has 6 nitrogen and oxygen atoms in total. The van der Waals surface area contributed by atoms with Gasteiger partial charge in [-0.3, -0.25) is 4.79 Å². The molecule has 1 amide bonds. The summed E-state index contributed by atoms with van der Waals surface area (Å²) >= 11 is 0. The molecule has 9 heteroatoms. The Bertz CT molecular complexity index is 663. The molecule has 0 saturated carbocycles. The van der Waals surface area contributed by atoms with Crippen LogP contribution < -0.4 is 9.47 Å². The molecule has 0 aliphatic carbocycles. The van der Waals surface area contributed by atoms with Crippen LogP contribution in [0.2, 0.25) is 0 Å². The summed E-state index contributed by atoms with van der Waals surface area (Å²) in [6, 6.07) is 6.40. The highest BCUT2D eigenvalue weighted by Crippen LogP contribution is 2.41. The first-order valence-corrected chi connectivity index (χ1v) is 7.67. The molecule has 0 aromatic heterocycles. The van der Waals surface area contributed by atoms with Gasteiger partial charge in [-0.05, 0) is 18.6 Å². The van der Waals surface area contributed by atoms with E-state index in [4.69, 9.17) is 9.47 Å². The number of para-hydroxylation sites is 2. The highest BCUT2D eigenvalue weighted by atomic mass is 19.4. The lowest BCUT2D eigenvalue weighted by Gasteiger charge is -2.32. The van der Waals surface area contributed by atoms with Crippen molar-refractivity contribution >= 4 is 11.6 Å². The lowest BCUT2D eigenvalue weighted by Crippen LogP contribution is -2.57. The Balaban J connectivity index is 2.17. The minimum atomic E-state index is -5.04. The van der Waals surface area contributed by atoms with Gasteiger partial charge in [0.15, 0.2) is 18.1 Å². The number of hydrazone groups is 1. The summed E-state index contributed by atoms with van der Waals surface area (Å²) in [5.74, 6) is -0.569. The molecule has 1 N–H and O–H groups in total. The van der Waals surface area contributed by atoms with Crippen LogP contribution in [0.3, 0.4) is 0 Å². The van der Waals surface area contributed by atoms with E-state index in [9.17, 15) is 23.1 Å². The van der Waals surface area contributed by atoms with Gasteiger partial charge in [-0.2, -0.15) is 23.3 Å². The number of benzene rings is 1. The molecule has 1 atom stereocenters. The van der Waals surface area contributed by atoms with Crippen molar-refractivity contribution in [3.05, 3.63) is 24.3 Å². The molecule has 1 aliphatic heterocycles. The van der Waals surface area contributed by atoms with Crippen molar-refractivity contribution in [2.24, 2.45) is 5.10 Å². The number of amides is 1. The first-order chi connectivity index (χ1) is 11.7. The second kappa shape index (κ2) is 7.30. The number of carbonyl (C=O) groups is 1. The third-order valence-corrected chi connectivity index (χ3v) is 3.69. The van der Waals surface area contributed by atoms with Crippen LogP contribution in [0.5, 0.6) is 11.5 Å². The summed E-state index contributed by atoms with van der Waals surface area (Å²) in [5.41, 5.74) is -3.23. The molecule has 1 aliphatic rings. The van der Waals surface area contributed by atoms with Crippen molar-refractivity contribution in [1.29, 1.82) is 0 Å². The summed E-state index contributed by atoms with van der Waals surface area (Å²) in [6.45, 7) is 1.05. The number of hydrogen-bond acceptors (Lipinski definition) is 5. The summed E-state index contributed by atoms with van der Waals surface area (Å²) in [5, 5.41) is 13.8. The van der Waals surface area contributed by atoms with Gasteiger partial charge in [0.2, 0.25) is 0 Å². The standard InChI is InChI=1S/C16H19F3N2O4/c1-3-6-11-9-15(23,16(17,18)19)21(20-11)14(22)10-25-13-8-5-4-7-12(13)24-2/h4-5,7-8,23H,3,6,9-10H2,1-2H3/t15-/m1/s1. The predicted molar refractivity (Wildman–Crippen MR) is 83.3 cm³/mol. The first-order valence-electron chi connectivity index (χ1n) is 7.67. The zero-order valence-corrected chi connectivity index (χ0v) is 13.8. The van der Waals surface area contributed by atoms with Gasteiger partial charge in [-0.1, -0.05) is 25.5 Å². The van der Waals surface area contributed by atoms with E-state index >= 15 is 0 Å². The topological polar surface area (TPSA) is 71.4 Å². The molecule has 1 aromatic carbocycles. The van der Waals surface area contributed by atoms with E-state index < -0.39 is 30.8 Å². The molecule has 0 unspecified atom stereocenters. The van der Waals surface area contributed by atoms with Crippen LogP contribution in [0.25, 0.3) is 0 Å². The number of nitrogens with zero attached hydrogens (tertiary/aromatic N) is 2. The van der Waals surface area contributed by atoms with Gasteiger partial charge in [0.05, 0.1) is 7.11 Å². The Morgan fingerprint density at radius 2 is 2.00 bits per heavy atom. The number of carbonyl (C=O) groups excluding carboxylic acids is 1. The van der Waals surface area contributed by atoms with Crippen LogP contribution >= 0.6 is 0 Å². The Morgan fingerprint density at radius 1 is 1.36 bits per heavy atom. The number of methoxy groups -OCH3 is 1. The number of hydrogen-bond donors (Lipinski definition) is 1. The maximum Gasteiger partial charge on any atom is 0.438 e. The molecule has 0 spiro atoms. The van der Waals surface area contributed by atoms with Crippen LogP contribution in [-0.2, 0) is 4.79 Å². The number of alkyl halides is 3.